The Hall–Kier alpha value is 0. The van der Waals surface area contributed by atoms with Crippen LogP contribution in [-0.4, -0.2) is 0 Å². The summed E-state index contributed by atoms with van der Waals surface area (Å²) in [4.78, 5) is 0. The molecule has 0 saturated heterocycles. The van der Waals surface area contributed by atoms with Gasteiger partial charge in [-0.05, 0) is 89.3 Å². The minimum atomic E-state index is 0.704. The number of hydrogen-bond donors (Lipinski definition) is 0. The second kappa shape index (κ2) is 2.89. The molecule has 3 spiro atoms. The Kier molecular flexibility index (Phi) is 1.71. The van der Waals surface area contributed by atoms with Crippen LogP contribution in [-0.2, 0) is 0 Å². The summed E-state index contributed by atoms with van der Waals surface area (Å²) >= 11 is 0. The molecule has 0 heterocycles. The summed E-state index contributed by atoms with van der Waals surface area (Å²) < 4.78 is 0. The zero-order chi connectivity index (χ0) is 14.5. The Balaban J connectivity index is 1.65. The van der Waals surface area contributed by atoms with E-state index in [2.05, 4.69) is 27.7 Å². The Labute approximate surface area is 130 Å². The summed E-state index contributed by atoms with van der Waals surface area (Å²) in [5.41, 5.74) is 3.98. The van der Waals surface area contributed by atoms with Crippen molar-refractivity contribution in [3.8, 4) is 0 Å². The molecule has 9 atom stereocenters. The third-order valence-electron chi connectivity index (χ3n) is 10.9. The Morgan fingerprint density at radius 1 is 0.810 bits per heavy atom. The van der Waals surface area contributed by atoms with Crippen LogP contribution in [0.5, 0.6) is 0 Å². The molecule has 9 unspecified atom stereocenters. The Bertz CT molecular complexity index is 564. The molecule has 8 fully saturated rings. The van der Waals surface area contributed by atoms with Crippen molar-refractivity contribution in [2.45, 2.75) is 79.1 Å². The van der Waals surface area contributed by atoms with Crippen molar-refractivity contribution in [3.63, 3.8) is 0 Å². The van der Waals surface area contributed by atoms with Crippen LogP contribution in [0.2, 0.25) is 0 Å². The van der Waals surface area contributed by atoms with Crippen LogP contribution in [0.4, 0.5) is 0 Å². The van der Waals surface area contributed by atoms with E-state index in [9.17, 15) is 0 Å². The van der Waals surface area contributed by atoms with Gasteiger partial charge in [0, 0.05) is 0 Å². The smallest absolute Gasteiger partial charge is 0.0125 e. The van der Waals surface area contributed by atoms with Gasteiger partial charge in [0.05, 0.1) is 0 Å². The van der Waals surface area contributed by atoms with Gasteiger partial charge in [-0.15, -0.1) is 0 Å². The summed E-state index contributed by atoms with van der Waals surface area (Å²) in [7, 11) is 0. The van der Waals surface area contributed by atoms with Gasteiger partial charge in [-0.1, -0.05) is 40.5 Å². The maximum Gasteiger partial charge on any atom is -0.0125 e. The first-order valence-corrected chi connectivity index (χ1v) is 9.90. The van der Waals surface area contributed by atoms with Crippen molar-refractivity contribution in [1.82, 2.24) is 0 Å². The molecule has 8 rings (SSSR count). The van der Waals surface area contributed by atoms with Gasteiger partial charge in [0.15, 0.2) is 0 Å². The first-order chi connectivity index (χ1) is 9.90. The fourth-order valence-electron chi connectivity index (χ4n) is 10.9. The minimum Gasteiger partial charge on any atom is -0.0625 e. The van der Waals surface area contributed by atoms with Gasteiger partial charge in [-0.25, -0.2) is 0 Å². The second-order valence-electron chi connectivity index (χ2n) is 11.0. The van der Waals surface area contributed by atoms with E-state index in [1.165, 1.54) is 12.3 Å². The van der Waals surface area contributed by atoms with Crippen LogP contribution in [0.15, 0.2) is 0 Å². The van der Waals surface area contributed by atoms with Crippen molar-refractivity contribution in [2.75, 3.05) is 0 Å². The molecule has 0 aromatic carbocycles. The molecule has 0 N–H and O–H groups in total. The molecule has 6 bridgehead atoms. The van der Waals surface area contributed by atoms with Gasteiger partial charge < -0.3 is 0 Å². The minimum absolute atomic E-state index is 0.704. The van der Waals surface area contributed by atoms with Crippen LogP contribution < -0.4 is 0 Å². The quantitative estimate of drug-likeness (QED) is 0.538. The third-order valence-corrected chi connectivity index (χ3v) is 10.9. The SMILES string of the molecule is CC1CCC2(C)CC(C)C3CC45C6C24CCCC65C3(C)C1. The molecule has 0 aromatic heterocycles. The van der Waals surface area contributed by atoms with Crippen molar-refractivity contribution < 1.29 is 0 Å². The summed E-state index contributed by atoms with van der Waals surface area (Å²) in [5.74, 6) is 4.22. The zero-order valence-electron chi connectivity index (χ0n) is 14.5. The average molecular weight is 284 g/mol. The summed E-state index contributed by atoms with van der Waals surface area (Å²) in [6.45, 7) is 10.7. The van der Waals surface area contributed by atoms with E-state index in [-0.39, 0.29) is 0 Å². The lowest BCUT2D eigenvalue weighted by Gasteiger charge is -2.59. The van der Waals surface area contributed by atoms with Gasteiger partial charge in [0.25, 0.3) is 0 Å². The van der Waals surface area contributed by atoms with Crippen molar-refractivity contribution in [3.05, 3.63) is 0 Å². The van der Waals surface area contributed by atoms with E-state index in [0.717, 1.165) is 34.0 Å². The first kappa shape index (κ1) is 12.4. The largest absolute Gasteiger partial charge is 0.0625 e. The third kappa shape index (κ3) is 0.818. The molecule has 0 amide bonds. The normalized spacial score (nSPS) is 76.0. The molecule has 8 aliphatic carbocycles. The predicted octanol–water partition coefficient (Wildman–Crippen LogP) is 5.67. The van der Waals surface area contributed by atoms with Crippen molar-refractivity contribution >= 4 is 0 Å². The van der Waals surface area contributed by atoms with E-state index in [1.807, 2.05) is 0 Å². The highest BCUT2D eigenvalue weighted by Gasteiger charge is 3.09. The molecule has 8 saturated carbocycles. The molecule has 0 nitrogen and oxygen atoms in total. The van der Waals surface area contributed by atoms with E-state index in [4.69, 9.17) is 0 Å². The van der Waals surface area contributed by atoms with E-state index < -0.39 is 0 Å². The van der Waals surface area contributed by atoms with Gasteiger partial charge >= 0.3 is 0 Å². The monoisotopic (exact) mass is 284 g/mol. The van der Waals surface area contributed by atoms with Gasteiger partial charge in [0.1, 0.15) is 0 Å². The fraction of sp³-hybridized carbons (Fsp3) is 1.00. The first-order valence-electron chi connectivity index (χ1n) is 9.90. The summed E-state index contributed by atoms with van der Waals surface area (Å²) in [5, 5.41) is 0. The molecule has 0 radical (unpaired) electrons. The van der Waals surface area contributed by atoms with Gasteiger partial charge in [-0.3, -0.25) is 0 Å². The standard InChI is InChI=1S/C21H32/c1-13-6-9-17(3)11-14(2)15-12-21-16-19(17,21)7-5-8-20(16,21)18(15,4)10-13/h13-16H,5-12H2,1-4H3. The fourth-order valence-corrected chi connectivity index (χ4v) is 10.9. The van der Waals surface area contributed by atoms with Crippen LogP contribution >= 0.6 is 0 Å². The van der Waals surface area contributed by atoms with Crippen LogP contribution in [0, 0.1) is 50.7 Å². The maximum absolute atomic E-state index is 2.77. The molecule has 8 aliphatic rings. The highest BCUT2D eigenvalue weighted by atomic mass is 15.1. The van der Waals surface area contributed by atoms with Gasteiger partial charge in [-0.2, -0.15) is 0 Å². The molecule has 116 valence electrons. The molecule has 21 heavy (non-hydrogen) atoms. The summed E-state index contributed by atoms with van der Waals surface area (Å²) in [6.07, 6.45) is 12.6. The highest BCUT2D eigenvalue weighted by Crippen LogP contribution is 3.14. The number of rotatable bonds is 0. The molecule has 0 aliphatic heterocycles. The van der Waals surface area contributed by atoms with Crippen LogP contribution in [0.1, 0.15) is 79.1 Å². The number of hydrogen-bond acceptors (Lipinski definition) is 0. The van der Waals surface area contributed by atoms with E-state index >= 15 is 0 Å². The van der Waals surface area contributed by atoms with Crippen molar-refractivity contribution in [2.24, 2.45) is 50.7 Å². The lowest BCUT2D eigenvalue weighted by atomic mass is 9.45. The number of fused-ring (bicyclic) bond motifs is 1. The second-order valence-corrected chi connectivity index (χ2v) is 11.0. The maximum atomic E-state index is 2.77. The molecule has 0 aromatic rings. The topological polar surface area (TPSA) is 0 Å². The Morgan fingerprint density at radius 3 is 2.38 bits per heavy atom. The predicted molar refractivity (Wildman–Crippen MR) is 85.8 cm³/mol. The van der Waals surface area contributed by atoms with Crippen LogP contribution in [0.3, 0.4) is 0 Å². The highest BCUT2D eigenvalue weighted by molar-refractivity contribution is 5.56. The van der Waals surface area contributed by atoms with Crippen LogP contribution in [0.25, 0.3) is 0 Å². The lowest BCUT2D eigenvalue weighted by molar-refractivity contribution is -0.114. The lowest BCUT2D eigenvalue weighted by Crippen LogP contribution is -2.53. The zero-order valence-corrected chi connectivity index (χ0v) is 14.5. The average Bonchev–Trinajstić information content (AvgIpc) is 3.25. The molecule has 0 heteroatoms. The van der Waals surface area contributed by atoms with E-state index in [0.29, 0.717) is 10.8 Å². The van der Waals surface area contributed by atoms with Crippen molar-refractivity contribution in [1.29, 1.82) is 0 Å². The summed E-state index contributed by atoms with van der Waals surface area (Å²) in [6, 6.07) is 0. The molecular formula is C21H32. The molecular weight excluding hydrogens is 252 g/mol. The van der Waals surface area contributed by atoms with E-state index in [1.54, 1.807) is 44.9 Å². The Morgan fingerprint density at radius 2 is 1.57 bits per heavy atom. The van der Waals surface area contributed by atoms with Gasteiger partial charge in [0.2, 0.25) is 0 Å².